The summed E-state index contributed by atoms with van der Waals surface area (Å²) < 4.78 is 0. The zero-order chi connectivity index (χ0) is 10.6. The Bertz CT molecular complexity index is 343. The van der Waals surface area contributed by atoms with E-state index < -0.39 is 0 Å². The maximum atomic E-state index is 6.04. The van der Waals surface area contributed by atoms with Gasteiger partial charge < -0.3 is 0 Å². The maximum absolute atomic E-state index is 6.04. The highest BCUT2D eigenvalue weighted by Gasteiger charge is 2.08. The van der Waals surface area contributed by atoms with Crippen molar-refractivity contribution in [1.29, 1.82) is 0 Å². The second-order valence-electron chi connectivity index (χ2n) is 2.93. The fraction of sp³-hybridized carbons (Fsp3) is 0.273. The standard InChI is InChI=1S/C11H11Cl3/c1-2-3-4-5-8-9(12)6-7-10(13)11(8)14/h2-3,6-7H,4-5H2,1H3/b3-2-. The molecular formula is C11H11Cl3. The molecule has 0 spiro atoms. The van der Waals surface area contributed by atoms with Crippen LogP contribution in [0.25, 0.3) is 0 Å². The van der Waals surface area contributed by atoms with E-state index in [2.05, 4.69) is 6.08 Å². The van der Waals surface area contributed by atoms with Gasteiger partial charge in [0.25, 0.3) is 0 Å². The van der Waals surface area contributed by atoms with E-state index in [1.165, 1.54) is 0 Å². The number of hydrogen-bond acceptors (Lipinski definition) is 0. The first-order chi connectivity index (χ1) is 6.66. The van der Waals surface area contributed by atoms with Gasteiger partial charge >= 0.3 is 0 Å². The highest BCUT2D eigenvalue weighted by Crippen LogP contribution is 2.32. The van der Waals surface area contributed by atoms with Crippen molar-refractivity contribution in [3.63, 3.8) is 0 Å². The summed E-state index contributed by atoms with van der Waals surface area (Å²) in [5.41, 5.74) is 0.930. The van der Waals surface area contributed by atoms with Gasteiger partial charge in [0.05, 0.1) is 10.0 Å². The van der Waals surface area contributed by atoms with E-state index >= 15 is 0 Å². The Kier molecular flexibility index (Phi) is 4.80. The average molecular weight is 250 g/mol. The molecule has 76 valence electrons. The smallest absolute Gasteiger partial charge is 0.0639 e. The summed E-state index contributed by atoms with van der Waals surface area (Å²) in [7, 11) is 0. The summed E-state index contributed by atoms with van der Waals surface area (Å²) in [6, 6.07) is 3.49. The molecule has 0 N–H and O–H groups in total. The molecule has 1 aromatic carbocycles. The molecule has 0 amide bonds. The minimum atomic E-state index is 0.562. The molecule has 0 heterocycles. The summed E-state index contributed by atoms with van der Waals surface area (Å²) in [6.45, 7) is 1.99. The summed E-state index contributed by atoms with van der Waals surface area (Å²) in [6.07, 6.45) is 5.83. The van der Waals surface area contributed by atoms with Gasteiger partial charge in [-0.3, -0.25) is 0 Å². The number of rotatable bonds is 3. The second kappa shape index (κ2) is 5.65. The van der Waals surface area contributed by atoms with E-state index in [1.807, 2.05) is 13.0 Å². The summed E-state index contributed by atoms with van der Waals surface area (Å²) in [5.74, 6) is 0. The van der Waals surface area contributed by atoms with Crippen LogP contribution in [-0.2, 0) is 6.42 Å². The van der Waals surface area contributed by atoms with Crippen molar-refractivity contribution in [2.24, 2.45) is 0 Å². The Balaban J connectivity index is 2.89. The molecule has 0 saturated carbocycles. The quantitative estimate of drug-likeness (QED) is 0.513. The Morgan fingerprint density at radius 2 is 1.79 bits per heavy atom. The summed E-state index contributed by atoms with van der Waals surface area (Å²) >= 11 is 17.9. The fourth-order valence-corrected chi connectivity index (χ4v) is 1.93. The molecule has 0 bridgehead atoms. The third-order valence-electron chi connectivity index (χ3n) is 1.94. The van der Waals surface area contributed by atoms with E-state index in [0.717, 1.165) is 18.4 Å². The van der Waals surface area contributed by atoms with Crippen LogP contribution < -0.4 is 0 Å². The van der Waals surface area contributed by atoms with Crippen LogP contribution in [-0.4, -0.2) is 0 Å². The van der Waals surface area contributed by atoms with Gasteiger partial charge in [-0.05, 0) is 37.5 Å². The van der Waals surface area contributed by atoms with Crippen molar-refractivity contribution in [3.8, 4) is 0 Å². The minimum Gasteiger partial charge on any atom is -0.0917 e. The van der Waals surface area contributed by atoms with E-state index in [-0.39, 0.29) is 0 Å². The SMILES string of the molecule is C/C=C\CCc1c(Cl)ccc(Cl)c1Cl. The Labute approximate surface area is 99.5 Å². The highest BCUT2D eigenvalue weighted by atomic mass is 35.5. The van der Waals surface area contributed by atoms with Crippen LogP contribution in [0.2, 0.25) is 15.1 Å². The lowest BCUT2D eigenvalue weighted by molar-refractivity contribution is 1.000. The third-order valence-corrected chi connectivity index (χ3v) is 3.13. The van der Waals surface area contributed by atoms with Crippen molar-refractivity contribution in [2.75, 3.05) is 0 Å². The molecule has 0 radical (unpaired) electrons. The average Bonchev–Trinajstić information content (AvgIpc) is 2.18. The molecule has 1 aromatic rings. The molecule has 0 fully saturated rings. The zero-order valence-corrected chi connectivity index (χ0v) is 10.1. The van der Waals surface area contributed by atoms with Crippen molar-refractivity contribution >= 4 is 34.8 Å². The second-order valence-corrected chi connectivity index (χ2v) is 4.12. The Morgan fingerprint density at radius 1 is 1.14 bits per heavy atom. The van der Waals surface area contributed by atoms with Gasteiger partial charge in [-0.25, -0.2) is 0 Å². The Morgan fingerprint density at radius 3 is 2.43 bits per heavy atom. The van der Waals surface area contributed by atoms with Gasteiger partial charge in [-0.15, -0.1) is 0 Å². The van der Waals surface area contributed by atoms with Gasteiger partial charge in [0.15, 0.2) is 0 Å². The maximum Gasteiger partial charge on any atom is 0.0639 e. The number of benzene rings is 1. The molecule has 1 rings (SSSR count). The van der Waals surface area contributed by atoms with Gasteiger partial charge in [0.1, 0.15) is 0 Å². The fourth-order valence-electron chi connectivity index (χ4n) is 1.19. The topological polar surface area (TPSA) is 0 Å². The van der Waals surface area contributed by atoms with Crippen LogP contribution in [0.4, 0.5) is 0 Å². The first-order valence-electron chi connectivity index (χ1n) is 4.40. The van der Waals surface area contributed by atoms with Crippen LogP contribution in [0.1, 0.15) is 18.9 Å². The molecule has 0 unspecified atom stereocenters. The van der Waals surface area contributed by atoms with Crippen molar-refractivity contribution in [2.45, 2.75) is 19.8 Å². The molecular weight excluding hydrogens is 238 g/mol. The predicted octanol–water partition coefficient (Wildman–Crippen LogP) is 5.16. The van der Waals surface area contributed by atoms with Crippen molar-refractivity contribution in [3.05, 3.63) is 44.9 Å². The lowest BCUT2D eigenvalue weighted by Gasteiger charge is -2.06. The third kappa shape index (κ3) is 2.91. The van der Waals surface area contributed by atoms with Crippen LogP contribution in [0.3, 0.4) is 0 Å². The molecule has 0 atom stereocenters. The van der Waals surface area contributed by atoms with E-state index in [0.29, 0.717) is 15.1 Å². The van der Waals surface area contributed by atoms with Gasteiger partial charge in [0, 0.05) is 5.02 Å². The molecule has 0 aromatic heterocycles. The molecule has 0 aliphatic carbocycles. The van der Waals surface area contributed by atoms with Gasteiger partial charge in [-0.1, -0.05) is 47.0 Å². The van der Waals surface area contributed by atoms with Crippen LogP contribution in [0.15, 0.2) is 24.3 Å². The molecule has 3 heteroatoms. The monoisotopic (exact) mass is 248 g/mol. The van der Waals surface area contributed by atoms with Gasteiger partial charge in [0.2, 0.25) is 0 Å². The molecule has 14 heavy (non-hydrogen) atoms. The predicted molar refractivity (Wildman–Crippen MR) is 64.6 cm³/mol. The summed E-state index contributed by atoms with van der Waals surface area (Å²) in [4.78, 5) is 0. The van der Waals surface area contributed by atoms with Crippen LogP contribution >= 0.6 is 34.8 Å². The number of allylic oxidation sites excluding steroid dienone is 2. The Hall–Kier alpha value is -0.170. The van der Waals surface area contributed by atoms with Gasteiger partial charge in [-0.2, -0.15) is 0 Å². The molecule has 0 aliphatic rings. The minimum absolute atomic E-state index is 0.562. The molecule has 0 nitrogen and oxygen atoms in total. The number of hydrogen-bond donors (Lipinski definition) is 0. The van der Waals surface area contributed by atoms with Crippen molar-refractivity contribution < 1.29 is 0 Å². The normalized spacial score (nSPS) is 11.1. The molecule has 0 aliphatic heterocycles. The van der Waals surface area contributed by atoms with Crippen LogP contribution in [0.5, 0.6) is 0 Å². The first kappa shape index (κ1) is 11.9. The molecule has 0 saturated heterocycles. The van der Waals surface area contributed by atoms with Crippen molar-refractivity contribution in [1.82, 2.24) is 0 Å². The van der Waals surface area contributed by atoms with E-state index in [1.54, 1.807) is 12.1 Å². The largest absolute Gasteiger partial charge is 0.0917 e. The van der Waals surface area contributed by atoms with E-state index in [4.69, 9.17) is 34.8 Å². The highest BCUT2D eigenvalue weighted by molar-refractivity contribution is 6.44. The van der Waals surface area contributed by atoms with Crippen LogP contribution in [0, 0.1) is 0 Å². The zero-order valence-electron chi connectivity index (χ0n) is 7.86. The number of halogens is 3. The lowest BCUT2D eigenvalue weighted by atomic mass is 10.1. The first-order valence-corrected chi connectivity index (χ1v) is 5.53. The summed E-state index contributed by atoms with van der Waals surface area (Å²) in [5, 5.41) is 1.82. The van der Waals surface area contributed by atoms with E-state index in [9.17, 15) is 0 Å². The lowest BCUT2D eigenvalue weighted by Crippen LogP contribution is -1.88.